The van der Waals surface area contributed by atoms with Crippen molar-refractivity contribution in [3.63, 3.8) is 0 Å². The second-order valence-electron chi connectivity index (χ2n) is 1.85. The Morgan fingerprint density at radius 2 is 1.42 bits per heavy atom. The molecule has 0 saturated carbocycles. The second-order valence-corrected chi connectivity index (χ2v) is 1.85. The van der Waals surface area contributed by atoms with E-state index in [1.54, 1.807) is 0 Å². The van der Waals surface area contributed by atoms with Gasteiger partial charge < -0.3 is 0 Å². The van der Waals surface area contributed by atoms with Crippen LogP contribution in [0.4, 0.5) is 0 Å². The highest BCUT2D eigenvalue weighted by molar-refractivity contribution is 5.11. The fourth-order valence-electron chi connectivity index (χ4n) is 0.534. The zero-order valence-electron chi connectivity index (χ0n) is 8.28. The molecular formula is C10H17N2+. The first-order valence-corrected chi connectivity index (χ1v) is 4.06. The Bertz CT molecular complexity index is 199. The lowest BCUT2D eigenvalue weighted by atomic mass is 10.2. The fraction of sp³-hybridized carbons (Fsp3) is 0.400. The maximum absolute atomic E-state index is 7.19. The minimum absolute atomic E-state index is 1.31. The highest BCUT2D eigenvalue weighted by atomic mass is 14.8. The number of hydrogen-bond donors (Lipinski definition) is 0. The van der Waals surface area contributed by atoms with E-state index in [9.17, 15) is 0 Å². The van der Waals surface area contributed by atoms with Gasteiger partial charge in [-0.1, -0.05) is 49.7 Å². The van der Waals surface area contributed by atoms with Gasteiger partial charge in [0, 0.05) is 0 Å². The summed E-state index contributed by atoms with van der Waals surface area (Å²) in [5.74, 6) is 0. The summed E-state index contributed by atoms with van der Waals surface area (Å²) >= 11 is 0. The molecule has 1 aromatic carbocycles. The van der Waals surface area contributed by atoms with Gasteiger partial charge in [0.25, 0.3) is 7.05 Å². The largest absolute Gasteiger partial charge is 0.296 e. The Morgan fingerprint density at radius 1 is 1.08 bits per heavy atom. The van der Waals surface area contributed by atoms with Crippen LogP contribution in [-0.2, 0) is 0 Å². The van der Waals surface area contributed by atoms with Gasteiger partial charge in [0.2, 0.25) is 5.39 Å². The standard InChI is InChI=1S/C7H8.C2H6.CH3N2/c1-7-5-3-2-4-6-7;1-2;1-3-2/h2-6H,1H3;1-2H3;1H3/q;;+1. The molecule has 0 fully saturated rings. The van der Waals surface area contributed by atoms with Gasteiger partial charge in [-0.05, 0) is 6.92 Å². The van der Waals surface area contributed by atoms with E-state index >= 15 is 0 Å². The molecule has 12 heavy (non-hydrogen) atoms. The first-order valence-electron chi connectivity index (χ1n) is 4.06. The molecule has 0 amide bonds. The van der Waals surface area contributed by atoms with Gasteiger partial charge in [0.1, 0.15) is 4.98 Å². The van der Waals surface area contributed by atoms with Crippen molar-refractivity contribution in [2.45, 2.75) is 20.8 Å². The number of aryl methyl sites for hydroxylation is 1. The lowest BCUT2D eigenvalue weighted by Gasteiger charge is -1.82. The highest BCUT2D eigenvalue weighted by Crippen LogP contribution is 1.92. The normalized spacial score (nSPS) is 6.25. The van der Waals surface area contributed by atoms with Crippen molar-refractivity contribution in [2.75, 3.05) is 7.05 Å². The van der Waals surface area contributed by atoms with Gasteiger partial charge in [0.15, 0.2) is 0 Å². The van der Waals surface area contributed by atoms with Crippen molar-refractivity contribution in [3.8, 4) is 0 Å². The van der Waals surface area contributed by atoms with Crippen molar-refractivity contribution < 1.29 is 0 Å². The highest BCUT2D eigenvalue weighted by Gasteiger charge is 1.72. The lowest BCUT2D eigenvalue weighted by Crippen LogP contribution is -1.62. The van der Waals surface area contributed by atoms with Gasteiger partial charge in [-0.25, -0.2) is 0 Å². The molecule has 0 radical (unpaired) electrons. The summed E-state index contributed by atoms with van der Waals surface area (Å²) in [5.41, 5.74) is 1.32. The third-order valence-electron chi connectivity index (χ3n) is 0.940. The molecule has 2 heteroatoms. The van der Waals surface area contributed by atoms with E-state index in [0.717, 1.165) is 0 Å². The molecule has 0 aliphatic heterocycles. The summed E-state index contributed by atoms with van der Waals surface area (Å²) in [4.78, 5) is 2.50. The molecule has 0 spiro atoms. The van der Waals surface area contributed by atoms with Crippen LogP contribution in [0.5, 0.6) is 0 Å². The predicted molar refractivity (Wildman–Crippen MR) is 53.5 cm³/mol. The fourth-order valence-corrected chi connectivity index (χ4v) is 0.534. The van der Waals surface area contributed by atoms with E-state index in [1.165, 1.54) is 12.6 Å². The smallest absolute Gasteiger partial charge is 0.0683 e. The monoisotopic (exact) mass is 165 g/mol. The molecule has 0 unspecified atom stereocenters. The maximum Gasteiger partial charge on any atom is 0.296 e. The molecule has 0 N–H and O–H groups in total. The Hall–Kier alpha value is -1.36. The average molecular weight is 165 g/mol. The molecule has 0 heterocycles. The van der Waals surface area contributed by atoms with Crippen LogP contribution in [0.2, 0.25) is 0 Å². The maximum atomic E-state index is 7.19. The van der Waals surface area contributed by atoms with E-state index in [-0.39, 0.29) is 0 Å². The SMILES string of the molecule is CC.C[N+]#N.Cc1ccccc1. The molecule has 66 valence electrons. The van der Waals surface area contributed by atoms with Crippen molar-refractivity contribution in [2.24, 2.45) is 0 Å². The van der Waals surface area contributed by atoms with Gasteiger partial charge >= 0.3 is 0 Å². The van der Waals surface area contributed by atoms with Crippen LogP contribution >= 0.6 is 0 Å². The summed E-state index contributed by atoms with van der Waals surface area (Å²) in [6.07, 6.45) is 0. The van der Waals surface area contributed by atoms with Gasteiger partial charge in [-0.3, -0.25) is 0 Å². The number of rotatable bonds is 0. The molecule has 0 bridgehead atoms. The van der Waals surface area contributed by atoms with Crippen LogP contribution < -0.4 is 0 Å². The third-order valence-corrected chi connectivity index (χ3v) is 0.940. The van der Waals surface area contributed by atoms with Crippen molar-refractivity contribution >= 4 is 0 Å². The molecule has 0 saturated heterocycles. The van der Waals surface area contributed by atoms with Crippen LogP contribution in [0.3, 0.4) is 0 Å². The van der Waals surface area contributed by atoms with Gasteiger partial charge in [-0.2, -0.15) is 0 Å². The Balaban J connectivity index is 0. The van der Waals surface area contributed by atoms with E-state index in [2.05, 4.69) is 24.0 Å². The van der Waals surface area contributed by atoms with E-state index < -0.39 is 0 Å². The third kappa shape index (κ3) is 11.4. The summed E-state index contributed by atoms with van der Waals surface area (Å²) in [6.45, 7) is 6.08. The number of benzene rings is 1. The van der Waals surface area contributed by atoms with Crippen LogP contribution in [0.25, 0.3) is 4.98 Å². The second kappa shape index (κ2) is 12.3. The van der Waals surface area contributed by atoms with E-state index in [4.69, 9.17) is 5.39 Å². The van der Waals surface area contributed by atoms with E-state index in [0.29, 0.717) is 0 Å². The lowest BCUT2D eigenvalue weighted by molar-refractivity contribution is 1.44. The zero-order chi connectivity index (χ0) is 9.82. The molecular weight excluding hydrogens is 148 g/mol. The van der Waals surface area contributed by atoms with Crippen LogP contribution in [0, 0.1) is 12.3 Å². The Kier molecular flexibility index (Phi) is 13.6. The van der Waals surface area contributed by atoms with Crippen molar-refractivity contribution in [3.05, 3.63) is 40.9 Å². The van der Waals surface area contributed by atoms with Crippen molar-refractivity contribution in [1.29, 1.82) is 5.39 Å². The minimum Gasteiger partial charge on any atom is -0.0683 e. The zero-order valence-corrected chi connectivity index (χ0v) is 8.28. The van der Waals surface area contributed by atoms with Crippen LogP contribution in [-0.4, -0.2) is 7.05 Å². The van der Waals surface area contributed by atoms with Crippen LogP contribution in [0.1, 0.15) is 19.4 Å². The first-order chi connectivity index (χ1) is 5.81. The molecule has 1 aromatic rings. The first kappa shape index (κ1) is 13.2. The summed E-state index contributed by atoms with van der Waals surface area (Å²) in [6, 6.07) is 10.3. The molecule has 0 aliphatic carbocycles. The van der Waals surface area contributed by atoms with Gasteiger partial charge in [-0.15, -0.1) is 0 Å². The minimum atomic E-state index is 1.31. The number of diazo groups is 1. The van der Waals surface area contributed by atoms with Crippen LogP contribution in [0.15, 0.2) is 30.3 Å². The number of hydrogen-bond acceptors (Lipinski definition) is 1. The molecule has 0 aromatic heterocycles. The molecule has 1 rings (SSSR count). The summed E-state index contributed by atoms with van der Waals surface area (Å²) in [5, 5.41) is 7.19. The predicted octanol–water partition coefficient (Wildman–Crippen LogP) is 3.49. The molecule has 0 aliphatic rings. The van der Waals surface area contributed by atoms with E-state index in [1.807, 2.05) is 32.0 Å². The Labute approximate surface area is 74.9 Å². The number of nitrogens with zero attached hydrogens (tertiary/aromatic N) is 2. The molecule has 0 atom stereocenters. The van der Waals surface area contributed by atoms with Gasteiger partial charge in [0.05, 0.1) is 0 Å². The topological polar surface area (TPSA) is 28.1 Å². The summed E-state index contributed by atoms with van der Waals surface area (Å²) in [7, 11) is 1.31. The Morgan fingerprint density at radius 3 is 1.58 bits per heavy atom. The van der Waals surface area contributed by atoms with Crippen molar-refractivity contribution in [1.82, 2.24) is 0 Å². The quantitative estimate of drug-likeness (QED) is 0.541. The average Bonchev–Trinajstić information content (AvgIpc) is 2.11. The summed E-state index contributed by atoms with van der Waals surface area (Å²) < 4.78 is 0. The molecule has 2 nitrogen and oxygen atoms in total.